The van der Waals surface area contributed by atoms with Crippen LogP contribution in [0.2, 0.25) is 0 Å². The van der Waals surface area contributed by atoms with E-state index < -0.39 is 0 Å². The van der Waals surface area contributed by atoms with Crippen molar-refractivity contribution in [3.05, 3.63) is 93.1 Å². The molecule has 5 heteroatoms. The molecular formula is C21H17IN2O2. The average molecular weight is 456 g/mol. The zero-order valence-electron chi connectivity index (χ0n) is 14.1. The van der Waals surface area contributed by atoms with Crippen LogP contribution in [-0.2, 0) is 0 Å². The normalized spacial score (nSPS) is 10.2. The van der Waals surface area contributed by atoms with Gasteiger partial charge in [-0.05, 0) is 77.5 Å². The molecule has 0 aliphatic heterocycles. The second-order valence-electron chi connectivity index (χ2n) is 5.82. The van der Waals surface area contributed by atoms with Crippen molar-refractivity contribution in [2.45, 2.75) is 6.92 Å². The SMILES string of the molecule is Cc1ccc(C(=O)Nc2cccc(NC(=O)c3ccccc3)c2)cc1I. The maximum absolute atomic E-state index is 12.4. The van der Waals surface area contributed by atoms with E-state index in [2.05, 4.69) is 33.2 Å². The Morgan fingerprint density at radius 2 is 1.35 bits per heavy atom. The first kappa shape index (κ1) is 18.1. The van der Waals surface area contributed by atoms with Crippen LogP contribution in [0.3, 0.4) is 0 Å². The minimum absolute atomic E-state index is 0.186. The molecule has 0 aliphatic rings. The van der Waals surface area contributed by atoms with Gasteiger partial charge in [-0.1, -0.05) is 30.3 Å². The van der Waals surface area contributed by atoms with Crippen molar-refractivity contribution in [2.24, 2.45) is 0 Å². The highest BCUT2D eigenvalue weighted by Crippen LogP contribution is 2.18. The Labute approximate surface area is 165 Å². The van der Waals surface area contributed by atoms with Crippen molar-refractivity contribution in [3.63, 3.8) is 0 Å². The fraction of sp³-hybridized carbons (Fsp3) is 0.0476. The molecule has 0 saturated heterocycles. The maximum atomic E-state index is 12.4. The van der Waals surface area contributed by atoms with Crippen LogP contribution in [0.4, 0.5) is 11.4 Å². The van der Waals surface area contributed by atoms with Crippen LogP contribution in [0.15, 0.2) is 72.8 Å². The molecule has 26 heavy (non-hydrogen) atoms. The van der Waals surface area contributed by atoms with Crippen LogP contribution in [0, 0.1) is 10.5 Å². The van der Waals surface area contributed by atoms with Crippen molar-refractivity contribution in [1.29, 1.82) is 0 Å². The lowest BCUT2D eigenvalue weighted by molar-refractivity contribution is 0.101. The summed E-state index contributed by atoms with van der Waals surface area (Å²) in [6, 6.07) is 21.7. The van der Waals surface area contributed by atoms with Gasteiger partial charge in [0.2, 0.25) is 0 Å². The summed E-state index contributed by atoms with van der Waals surface area (Å²) in [5.74, 6) is -0.378. The van der Waals surface area contributed by atoms with Gasteiger partial charge in [0.25, 0.3) is 11.8 Å². The Morgan fingerprint density at radius 1 is 0.731 bits per heavy atom. The van der Waals surface area contributed by atoms with E-state index in [1.807, 2.05) is 37.3 Å². The van der Waals surface area contributed by atoms with Crippen LogP contribution in [0.1, 0.15) is 26.3 Å². The van der Waals surface area contributed by atoms with E-state index in [0.717, 1.165) is 9.13 Å². The fourth-order valence-corrected chi connectivity index (χ4v) is 2.92. The van der Waals surface area contributed by atoms with Gasteiger partial charge >= 0.3 is 0 Å². The Balaban J connectivity index is 1.72. The first-order valence-corrected chi connectivity index (χ1v) is 9.15. The minimum atomic E-state index is -0.192. The second kappa shape index (κ2) is 8.14. The van der Waals surface area contributed by atoms with Crippen molar-refractivity contribution in [2.75, 3.05) is 10.6 Å². The van der Waals surface area contributed by atoms with Gasteiger partial charge < -0.3 is 10.6 Å². The van der Waals surface area contributed by atoms with Gasteiger partial charge in [-0.2, -0.15) is 0 Å². The van der Waals surface area contributed by atoms with Gasteiger partial charge in [0.1, 0.15) is 0 Å². The number of anilines is 2. The monoisotopic (exact) mass is 456 g/mol. The van der Waals surface area contributed by atoms with Gasteiger partial charge in [0.15, 0.2) is 0 Å². The molecule has 0 unspecified atom stereocenters. The number of amides is 2. The molecule has 2 N–H and O–H groups in total. The third kappa shape index (κ3) is 4.49. The van der Waals surface area contributed by atoms with Crippen LogP contribution >= 0.6 is 22.6 Å². The number of rotatable bonds is 4. The zero-order valence-corrected chi connectivity index (χ0v) is 16.3. The summed E-state index contributed by atoms with van der Waals surface area (Å²) in [5, 5.41) is 5.70. The van der Waals surface area contributed by atoms with E-state index in [0.29, 0.717) is 22.5 Å². The highest BCUT2D eigenvalue weighted by atomic mass is 127. The van der Waals surface area contributed by atoms with Crippen LogP contribution < -0.4 is 10.6 Å². The fourth-order valence-electron chi connectivity index (χ4n) is 2.40. The van der Waals surface area contributed by atoms with Crippen LogP contribution in [0.5, 0.6) is 0 Å². The van der Waals surface area contributed by atoms with Crippen molar-refractivity contribution < 1.29 is 9.59 Å². The van der Waals surface area contributed by atoms with Crippen LogP contribution in [0.25, 0.3) is 0 Å². The number of hydrogen-bond donors (Lipinski definition) is 2. The van der Waals surface area contributed by atoms with E-state index in [9.17, 15) is 9.59 Å². The number of hydrogen-bond acceptors (Lipinski definition) is 2. The molecule has 0 atom stereocenters. The molecule has 130 valence electrons. The predicted octanol–water partition coefficient (Wildman–Crippen LogP) is 5.10. The lowest BCUT2D eigenvalue weighted by Crippen LogP contribution is -2.14. The van der Waals surface area contributed by atoms with Gasteiger partial charge in [-0.3, -0.25) is 9.59 Å². The molecule has 0 saturated carbocycles. The standard InChI is InChI=1S/C21H17IN2O2/c1-14-10-11-16(12-19(14)22)21(26)24-18-9-5-8-17(13-18)23-20(25)15-6-3-2-4-7-15/h2-13H,1H3,(H,23,25)(H,24,26). The number of aryl methyl sites for hydroxylation is 1. The molecule has 4 nitrogen and oxygen atoms in total. The molecule has 0 bridgehead atoms. The highest BCUT2D eigenvalue weighted by molar-refractivity contribution is 14.1. The smallest absolute Gasteiger partial charge is 0.255 e. The van der Waals surface area contributed by atoms with Crippen LogP contribution in [-0.4, -0.2) is 11.8 Å². The second-order valence-corrected chi connectivity index (χ2v) is 6.98. The third-order valence-electron chi connectivity index (χ3n) is 3.85. The summed E-state index contributed by atoms with van der Waals surface area (Å²) in [4.78, 5) is 24.7. The van der Waals surface area contributed by atoms with Gasteiger partial charge in [0.05, 0.1) is 0 Å². The summed E-state index contributed by atoms with van der Waals surface area (Å²) >= 11 is 2.21. The Kier molecular flexibility index (Phi) is 5.68. The van der Waals surface area contributed by atoms with E-state index >= 15 is 0 Å². The van der Waals surface area contributed by atoms with Crippen molar-refractivity contribution in [1.82, 2.24) is 0 Å². The molecule has 0 aliphatic carbocycles. The summed E-state index contributed by atoms with van der Waals surface area (Å²) in [7, 11) is 0. The van der Waals surface area contributed by atoms with E-state index in [1.54, 1.807) is 42.5 Å². The van der Waals surface area contributed by atoms with Gasteiger partial charge in [-0.15, -0.1) is 0 Å². The molecular weight excluding hydrogens is 439 g/mol. The van der Waals surface area contributed by atoms with Crippen molar-refractivity contribution in [3.8, 4) is 0 Å². The Bertz CT molecular complexity index is 955. The largest absolute Gasteiger partial charge is 0.322 e. The molecule has 3 rings (SSSR count). The van der Waals surface area contributed by atoms with E-state index in [4.69, 9.17) is 0 Å². The van der Waals surface area contributed by atoms with Gasteiger partial charge in [-0.25, -0.2) is 0 Å². The summed E-state index contributed by atoms with van der Waals surface area (Å²) in [5.41, 5.74) is 3.55. The first-order chi connectivity index (χ1) is 12.5. The molecule has 0 radical (unpaired) electrons. The lowest BCUT2D eigenvalue weighted by atomic mass is 10.1. The number of carbonyl (C=O) groups excluding carboxylic acids is 2. The highest BCUT2D eigenvalue weighted by Gasteiger charge is 2.09. The average Bonchev–Trinajstić information content (AvgIpc) is 2.65. The Hall–Kier alpha value is -2.67. The molecule has 3 aromatic rings. The molecule has 0 aromatic heterocycles. The van der Waals surface area contributed by atoms with Gasteiger partial charge in [0, 0.05) is 26.1 Å². The quantitative estimate of drug-likeness (QED) is 0.537. The maximum Gasteiger partial charge on any atom is 0.255 e. The predicted molar refractivity (Wildman–Crippen MR) is 113 cm³/mol. The number of benzene rings is 3. The topological polar surface area (TPSA) is 58.2 Å². The molecule has 3 aromatic carbocycles. The number of nitrogens with one attached hydrogen (secondary N) is 2. The van der Waals surface area contributed by atoms with Crippen molar-refractivity contribution >= 4 is 45.8 Å². The minimum Gasteiger partial charge on any atom is -0.322 e. The third-order valence-corrected chi connectivity index (χ3v) is 5.01. The lowest BCUT2D eigenvalue weighted by Gasteiger charge is -2.10. The number of halogens is 1. The van der Waals surface area contributed by atoms with E-state index in [1.165, 1.54) is 0 Å². The first-order valence-electron chi connectivity index (χ1n) is 8.07. The van der Waals surface area contributed by atoms with E-state index in [-0.39, 0.29) is 11.8 Å². The zero-order chi connectivity index (χ0) is 18.5. The summed E-state index contributed by atoms with van der Waals surface area (Å²) < 4.78 is 1.04. The summed E-state index contributed by atoms with van der Waals surface area (Å²) in [6.45, 7) is 2.00. The molecule has 0 fully saturated rings. The molecule has 2 amide bonds. The summed E-state index contributed by atoms with van der Waals surface area (Å²) in [6.07, 6.45) is 0. The molecule has 0 spiro atoms. The Morgan fingerprint density at radius 3 is 1.96 bits per heavy atom. The number of carbonyl (C=O) groups is 2. The molecule has 0 heterocycles.